The second kappa shape index (κ2) is 6.66. The smallest absolute Gasteiger partial charge is 0.121 e. The first-order chi connectivity index (χ1) is 9.60. The summed E-state index contributed by atoms with van der Waals surface area (Å²) in [5.74, 6) is 0.846. The van der Waals surface area contributed by atoms with Crippen LogP contribution in [0.3, 0.4) is 0 Å². The van der Waals surface area contributed by atoms with Crippen LogP contribution in [0.5, 0.6) is 5.75 Å². The fourth-order valence-corrected chi connectivity index (χ4v) is 2.26. The van der Waals surface area contributed by atoms with Gasteiger partial charge in [0.1, 0.15) is 5.75 Å². The Bertz CT molecular complexity index is 567. The van der Waals surface area contributed by atoms with E-state index >= 15 is 0 Å². The average Bonchev–Trinajstić information content (AvgIpc) is 2.47. The van der Waals surface area contributed by atoms with Crippen molar-refractivity contribution in [3.8, 4) is 5.75 Å². The molecule has 0 fully saturated rings. The van der Waals surface area contributed by atoms with Crippen molar-refractivity contribution in [3.63, 3.8) is 0 Å². The Morgan fingerprint density at radius 1 is 1.10 bits per heavy atom. The summed E-state index contributed by atoms with van der Waals surface area (Å²) >= 11 is 3.54. The highest BCUT2D eigenvalue weighted by atomic mass is 79.9. The van der Waals surface area contributed by atoms with Gasteiger partial charge < -0.3 is 15.0 Å². The van der Waals surface area contributed by atoms with Crippen LogP contribution >= 0.6 is 15.9 Å². The van der Waals surface area contributed by atoms with Crippen LogP contribution in [-0.4, -0.2) is 21.2 Å². The number of anilines is 2. The van der Waals surface area contributed by atoms with E-state index in [9.17, 15) is 0 Å². The number of nitrogens with zero attached hydrogens (tertiary/aromatic N) is 1. The van der Waals surface area contributed by atoms with Crippen LogP contribution in [0.25, 0.3) is 0 Å². The Hall–Kier alpha value is -1.68. The lowest BCUT2D eigenvalue weighted by atomic mass is 10.2. The number of benzene rings is 2. The number of hydrogen-bond acceptors (Lipinski definition) is 3. The monoisotopic (exact) mass is 334 g/mol. The van der Waals surface area contributed by atoms with Crippen LogP contribution in [0.15, 0.2) is 46.9 Å². The summed E-state index contributed by atoms with van der Waals surface area (Å²) in [5, 5.41) is 3.41. The zero-order valence-corrected chi connectivity index (χ0v) is 13.6. The molecule has 20 heavy (non-hydrogen) atoms. The largest absolute Gasteiger partial charge is 0.497 e. The highest BCUT2D eigenvalue weighted by molar-refractivity contribution is 9.10. The second-order valence-corrected chi connectivity index (χ2v) is 5.61. The molecule has 2 rings (SSSR count). The molecule has 0 bridgehead atoms. The molecule has 0 spiro atoms. The maximum absolute atomic E-state index is 5.24. The Morgan fingerprint density at radius 3 is 2.40 bits per heavy atom. The van der Waals surface area contributed by atoms with E-state index in [0.717, 1.165) is 22.5 Å². The molecule has 0 saturated heterocycles. The maximum Gasteiger partial charge on any atom is 0.121 e. The van der Waals surface area contributed by atoms with Gasteiger partial charge in [0, 0.05) is 36.9 Å². The van der Waals surface area contributed by atoms with Crippen molar-refractivity contribution in [2.45, 2.75) is 6.54 Å². The van der Waals surface area contributed by atoms with E-state index in [4.69, 9.17) is 4.74 Å². The maximum atomic E-state index is 5.24. The first-order valence-corrected chi connectivity index (χ1v) is 7.23. The van der Waals surface area contributed by atoms with Gasteiger partial charge in [0.2, 0.25) is 0 Å². The van der Waals surface area contributed by atoms with Gasteiger partial charge in [0.25, 0.3) is 0 Å². The average molecular weight is 335 g/mol. The van der Waals surface area contributed by atoms with Crippen LogP contribution in [0.4, 0.5) is 11.4 Å². The van der Waals surface area contributed by atoms with Crippen molar-refractivity contribution >= 4 is 27.3 Å². The predicted octanol–water partition coefficient (Wildman–Crippen LogP) is 4.14. The highest BCUT2D eigenvalue weighted by Gasteiger charge is 2.02. The molecule has 0 amide bonds. The molecule has 0 aliphatic rings. The Kier molecular flexibility index (Phi) is 4.90. The molecule has 2 aromatic carbocycles. The molecule has 0 radical (unpaired) electrons. The van der Waals surface area contributed by atoms with Gasteiger partial charge in [0.05, 0.1) is 12.8 Å². The standard InChI is InChI=1S/C16H19BrN2O/c1-19(2)13-6-4-12(5-7-13)11-18-16-10-14(20-3)8-9-15(16)17/h4-10,18H,11H2,1-3H3. The molecule has 4 heteroatoms. The van der Waals surface area contributed by atoms with Crippen molar-refractivity contribution < 1.29 is 4.74 Å². The van der Waals surface area contributed by atoms with E-state index in [1.807, 2.05) is 32.3 Å². The van der Waals surface area contributed by atoms with Gasteiger partial charge in [-0.05, 0) is 45.8 Å². The highest BCUT2D eigenvalue weighted by Crippen LogP contribution is 2.27. The lowest BCUT2D eigenvalue weighted by Gasteiger charge is -2.14. The third-order valence-electron chi connectivity index (χ3n) is 3.11. The topological polar surface area (TPSA) is 24.5 Å². The molecular weight excluding hydrogens is 316 g/mol. The van der Waals surface area contributed by atoms with Gasteiger partial charge in [-0.2, -0.15) is 0 Å². The Morgan fingerprint density at radius 2 is 1.80 bits per heavy atom. The second-order valence-electron chi connectivity index (χ2n) is 4.76. The van der Waals surface area contributed by atoms with Crippen LogP contribution in [0, 0.1) is 0 Å². The predicted molar refractivity (Wildman–Crippen MR) is 88.8 cm³/mol. The fourth-order valence-electron chi connectivity index (χ4n) is 1.88. The first kappa shape index (κ1) is 14.7. The quantitative estimate of drug-likeness (QED) is 0.889. The van der Waals surface area contributed by atoms with E-state index in [1.54, 1.807) is 7.11 Å². The lowest BCUT2D eigenvalue weighted by molar-refractivity contribution is 0.415. The van der Waals surface area contributed by atoms with E-state index < -0.39 is 0 Å². The lowest BCUT2D eigenvalue weighted by Crippen LogP contribution is -2.08. The molecule has 0 heterocycles. The SMILES string of the molecule is COc1ccc(Br)c(NCc2ccc(N(C)C)cc2)c1. The fraction of sp³-hybridized carbons (Fsp3) is 0.250. The Balaban J connectivity index is 2.04. The molecule has 0 aromatic heterocycles. The summed E-state index contributed by atoms with van der Waals surface area (Å²) in [4.78, 5) is 2.09. The first-order valence-electron chi connectivity index (χ1n) is 6.44. The van der Waals surface area contributed by atoms with Crippen LogP contribution in [0.2, 0.25) is 0 Å². The molecular formula is C16H19BrN2O. The molecule has 0 aliphatic heterocycles. The molecule has 0 atom stereocenters. The zero-order valence-electron chi connectivity index (χ0n) is 12.0. The van der Waals surface area contributed by atoms with Crippen molar-refractivity contribution in [2.75, 3.05) is 31.4 Å². The summed E-state index contributed by atoms with van der Waals surface area (Å²) in [5.41, 5.74) is 3.47. The van der Waals surface area contributed by atoms with Crippen LogP contribution in [-0.2, 0) is 6.54 Å². The van der Waals surface area contributed by atoms with Gasteiger partial charge >= 0.3 is 0 Å². The number of rotatable bonds is 5. The van der Waals surface area contributed by atoms with Crippen LogP contribution in [0.1, 0.15) is 5.56 Å². The van der Waals surface area contributed by atoms with Crippen LogP contribution < -0.4 is 15.0 Å². The van der Waals surface area contributed by atoms with Gasteiger partial charge in [0.15, 0.2) is 0 Å². The van der Waals surface area contributed by atoms with Gasteiger partial charge in [-0.1, -0.05) is 12.1 Å². The summed E-state index contributed by atoms with van der Waals surface area (Å²) in [6, 6.07) is 14.4. The van der Waals surface area contributed by atoms with E-state index in [1.165, 1.54) is 11.3 Å². The molecule has 0 saturated carbocycles. The van der Waals surface area contributed by atoms with E-state index in [-0.39, 0.29) is 0 Å². The minimum atomic E-state index is 0.777. The molecule has 0 aliphatic carbocycles. The summed E-state index contributed by atoms with van der Waals surface area (Å²) in [6.07, 6.45) is 0. The molecule has 3 nitrogen and oxygen atoms in total. The summed E-state index contributed by atoms with van der Waals surface area (Å²) < 4.78 is 6.27. The minimum absolute atomic E-state index is 0.777. The summed E-state index contributed by atoms with van der Waals surface area (Å²) in [6.45, 7) is 0.777. The minimum Gasteiger partial charge on any atom is -0.497 e. The van der Waals surface area contributed by atoms with Gasteiger partial charge in [-0.15, -0.1) is 0 Å². The third kappa shape index (κ3) is 3.67. The third-order valence-corrected chi connectivity index (χ3v) is 3.80. The normalized spacial score (nSPS) is 10.2. The van der Waals surface area contributed by atoms with Crippen molar-refractivity contribution in [3.05, 3.63) is 52.5 Å². The van der Waals surface area contributed by atoms with Crippen molar-refractivity contribution in [2.24, 2.45) is 0 Å². The molecule has 1 N–H and O–H groups in total. The molecule has 106 valence electrons. The molecule has 2 aromatic rings. The summed E-state index contributed by atoms with van der Waals surface area (Å²) in [7, 11) is 5.76. The number of methoxy groups -OCH3 is 1. The Labute approximate surface area is 128 Å². The number of halogens is 1. The number of nitrogens with one attached hydrogen (secondary N) is 1. The van der Waals surface area contributed by atoms with Crippen molar-refractivity contribution in [1.82, 2.24) is 0 Å². The number of ether oxygens (including phenoxy) is 1. The molecule has 0 unspecified atom stereocenters. The van der Waals surface area contributed by atoms with E-state index in [0.29, 0.717) is 0 Å². The number of hydrogen-bond donors (Lipinski definition) is 1. The zero-order chi connectivity index (χ0) is 14.5. The van der Waals surface area contributed by atoms with Gasteiger partial charge in [-0.3, -0.25) is 0 Å². The van der Waals surface area contributed by atoms with Crippen molar-refractivity contribution in [1.29, 1.82) is 0 Å². The van der Waals surface area contributed by atoms with E-state index in [2.05, 4.69) is 50.4 Å². The van der Waals surface area contributed by atoms with Gasteiger partial charge in [-0.25, -0.2) is 0 Å².